The SMILES string of the molecule is CNCC(=O)NCc1ccc(Br)cc1Cl.Cl. The minimum absolute atomic E-state index is 0. The summed E-state index contributed by atoms with van der Waals surface area (Å²) in [4.78, 5) is 11.2. The summed E-state index contributed by atoms with van der Waals surface area (Å²) in [5.41, 5.74) is 0.907. The minimum Gasteiger partial charge on any atom is -0.351 e. The standard InChI is InChI=1S/C10H12BrClN2O.ClH/c1-13-6-10(15)14-5-7-2-3-8(11)4-9(7)12;/h2-4,13H,5-6H2,1H3,(H,14,15);1H. The highest BCUT2D eigenvalue weighted by molar-refractivity contribution is 9.10. The molecule has 0 aliphatic rings. The lowest BCUT2D eigenvalue weighted by Gasteiger charge is -2.06. The number of hydrogen-bond donors (Lipinski definition) is 2. The van der Waals surface area contributed by atoms with Gasteiger partial charge in [0.15, 0.2) is 0 Å². The van der Waals surface area contributed by atoms with Gasteiger partial charge in [-0.25, -0.2) is 0 Å². The zero-order valence-corrected chi connectivity index (χ0v) is 11.9. The average molecular weight is 328 g/mol. The Hall–Kier alpha value is -0.290. The second-order valence-electron chi connectivity index (χ2n) is 3.04. The molecule has 0 fully saturated rings. The monoisotopic (exact) mass is 326 g/mol. The lowest BCUT2D eigenvalue weighted by molar-refractivity contribution is -0.120. The Labute approximate surface area is 114 Å². The molecule has 2 N–H and O–H groups in total. The maximum atomic E-state index is 11.2. The molecule has 0 unspecified atom stereocenters. The van der Waals surface area contributed by atoms with E-state index in [1.807, 2.05) is 12.1 Å². The zero-order valence-electron chi connectivity index (χ0n) is 8.72. The maximum Gasteiger partial charge on any atom is 0.234 e. The molecule has 0 aliphatic heterocycles. The number of likely N-dealkylation sites (N-methyl/N-ethyl adjacent to an activating group) is 1. The van der Waals surface area contributed by atoms with Crippen LogP contribution in [-0.4, -0.2) is 19.5 Å². The molecule has 0 radical (unpaired) electrons. The molecule has 3 nitrogen and oxygen atoms in total. The summed E-state index contributed by atoms with van der Waals surface area (Å²) in [6.07, 6.45) is 0. The van der Waals surface area contributed by atoms with Crippen LogP contribution in [0.15, 0.2) is 22.7 Å². The number of benzene rings is 1. The van der Waals surface area contributed by atoms with Gasteiger partial charge in [0, 0.05) is 16.0 Å². The molecule has 0 aromatic heterocycles. The van der Waals surface area contributed by atoms with Gasteiger partial charge in [-0.1, -0.05) is 33.6 Å². The molecule has 0 atom stereocenters. The van der Waals surface area contributed by atoms with Crippen molar-refractivity contribution >= 4 is 45.8 Å². The molecule has 1 amide bonds. The molecule has 1 rings (SSSR count). The molecule has 90 valence electrons. The largest absolute Gasteiger partial charge is 0.351 e. The minimum atomic E-state index is -0.0449. The molecule has 0 saturated heterocycles. The fraction of sp³-hybridized carbons (Fsp3) is 0.300. The number of nitrogens with one attached hydrogen (secondary N) is 2. The number of hydrogen-bond acceptors (Lipinski definition) is 2. The summed E-state index contributed by atoms with van der Waals surface area (Å²) in [7, 11) is 1.73. The Morgan fingerprint density at radius 2 is 2.19 bits per heavy atom. The lowest BCUT2D eigenvalue weighted by Crippen LogP contribution is -2.31. The number of carbonyl (C=O) groups is 1. The maximum absolute atomic E-state index is 11.2. The Balaban J connectivity index is 0.00000225. The summed E-state index contributed by atoms with van der Waals surface area (Å²) < 4.78 is 0.929. The molecule has 0 spiro atoms. The van der Waals surface area contributed by atoms with Gasteiger partial charge in [0.05, 0.1) is 6.54 Å². The van der Waals surface area contributed by atoms with Crippen molar-refractivity contribution in [1.29, 1.82) is 0 Å². The van der Waals surface area contributed by atoms with Crippen LogP contribution in [0.2, 0.25) is 5.02 Å². The summed E-state index contributed by atoms with van der Waals surface area (Å²) in [6, 6.07) is 5.58. The van der Waals surface area contributed by atoms with E-state index >= 15 is 0 Å². The molecule has 0 bridgehead atoms. The first-order valence-corrected chi connectivity index (χ1v) is 5.66. The smallest absolute Gasteiger partial charge is 0.234 e. The molecule has 16 heavy (non-hydrogen) atoms. The Morgan fingerprint density at radius 3 is 2.75 bits per heavy atom. The second-order valence-corrected chi connectivity index (χ2v) is 4.37. The van der Waals surface area contributed by atoms with Gasteiger partial charge in [0.1, 0.15) is 0 Å². The van der Waals surface area contributed by atoms with Crippen LogP contribution in [0.5, 0.6) is 0 Å². The molecular formula is C10H13BrCl2N2O. The number of halogens is 3. The predicted molar refractivity (Wildman–Crippen MR) is 72.2 cm³/mol. The van der Waals surface area contributed by atoms with Crippen molar-refractivity contribution in [3.63, 3.8) is 0 Å². The molecule has 1 aromatic carbocycles. The van der Waals surface area contributed by atoms with Gasteiger partial charge in [-0.3, -0.25) is 4.79 Å². The van der Waals surface area contributed by atoms with Crippen LogP contribution in [0.3, 0.4) is 0 Å². The fourth-order valence-corrected chi connectivity index (χ4v) is 1.82. The van der Waals surface area contributed by atoms with E-state index in [-0.39, 0.29) is 18.3 Å². The van der Waals surface area contributed by atoms with Crippen molar-refractivity contribution in [3.8, 4) is 0 Å². The molecule has 0 heterocycles. The van der Waals surface area contributed by atoms with Crippen LogP contribution in [-0.2, 0) is 11.3 Å². The molecular weight excluding hydrogens is 315 g/mol. The zero-order chi connectivity index (χ0) is 11.3. The van der Waals surface area contributed by atoms with E-state index in [1.54, 1.807) is 13.1 Å². The van der Waals surface area contributed by atoms with Crippen LogP contribution in [0.25, 0.3) is 0 Å². The van der Waals surface area contributed by atoms with Crippen LogP contribution in [0, 0.1) is 0 Å². The van der Waals surface area contributed by atoms with Gasteiger partial charge < -0.3 is 10.6 Å². The molecule has 6 heteroatoms. The van der Waals surface area contributed by atoms with Gasteiger partial charge >= 0.3 is 0 Å². The van der Waals surface area contributed by atoms with E-state index in [1.165, 1.54) is 0 Å². The lowest BCUT2D eigenvalue weighted by atomic mass is 10.2. The predicted octanol–water partition coefficient (Wildman–Crippen LogP) is 2.36. The van der Waals surface area contributed by atoms with Gasteiger partial charge in [0.25, 0.3) is 0 Å². The van der Waals surface area contributed by atoms with E-state index < -0.39 is 0 Å². The summed E-state index contributed by atoms with van der Waals surface area (Å²) in [5.74, 6) is -0.0449. The second kappa shape index (κ2) is 7.90. The third kappa shape index (κ3) is 5.16. The van der Waals surface area contributed by atoms with E-state index in [0.29, 0.717) is 18.1 Å². The average Bonchev–Trinajstić information content (AvgIpc) is 2.17. The van der Waals surface area contributed by atoms with Crippen molar-refractivity contribution in [3.05, 3.63) is 33.3 Å². The third-order valence-corrected chi connectivity index (χ3v) is 2.67. The first-order chi connectivity index (χ1) is 7.13. The van der Waals surface area contributed by atoms with E-state index in [0.717, 1.165) is 10.0 Å². The van der Waals surface area contributed by atoms with Gasteiger partial charge in [-0.2, -0.15) is 0 Å². The van der Waals surface area contributed by atoms with Gasteiger partial charge in [0.2, 0.25) is 5.91 Å². The molecule has 1 aromatic rings. The highest BCUT2D eigenvalue weighted by Crippen LogP contribution is 2.20. The fourth-order valence-electron chi connectivity index (χ4n) is 1.08. The highest BCUT2D eigenvalue weighted by Gasteiger charge is 2.03. The van der Waals surface area contributed by atoms with Crippen LogP contribution in [0.1, 0.15) is 5.56 Å². The first kappa shape index (κ1) is 15.7. The van der Waals surface area contributed by atoms with Crippen molar-refractivity contribution in [1.82, 2.24) is 10.6 Å². The van der Waals surface area contributed by atoms with Crippen molar-refractivity contribution < 1.29 is 4.79 Å². The van der Waals surface area contributed by atoms with Crippen LogP contribution < -0.4 is 10.6 Å². The van der Waals surface area contributed by atoms with Crippen LogP contribution in [0.4, 0.5) is 0 Å². The van der Waals surface area contributed by atoms with Crippen LogP contribution >= 0.6 is 39.9 Å². The normalized spacial score (nSPS) is 9.44. The van der Waals surface area contributed by atoms with Crippen molar-refractivity contribution in [2.24, 2.45) is 0 Å². The number of carbonyl (C=O) groups excluding carboxylic acids is 1. The Morgan fingerprint density at radius 1 is 1.50 bits per heavy atom. The Kier molecular flexibility index (Phi) is 7.76. The van der Waals surface area contributed by atoms with Gasteiger partial charge in [-0.15, -0.1) is 12.4 Å². The van der Waals surface area contributed by atoms with Crippen molar-refractivity contribution in [2.75, 3.05) is 13.6 Å². The number of rotatable bonds is 4. The topological polar surface area (TPSA) is 41.1 Å². The third-order valence-electron chi connectivity index (χ3n) is 1.83. The van der Waals surface area contributed by atoms with E-state index in [9.17, 15) is 4.79 Å². The first-order valence-electron chi connectivity index (χ1n) is 4.48. The Bertz CT molecular complexity index is 361. The number of amides is 1. The summed E-state index contributed by atoms with van der Waals surface area (Å²) in [6.45, 7) is 0.765. The van der Waals surface area contributed by atoms with Gasteiger partial charge in [-0.05, 0) is 24.7 Å². The quantitative estimate of drug-likeness (QED) is 0.891. The summed E-state index contributed by atoms with van der Waals surface area (Å²) in [5, 5.41) is 6.18. The van der Waals surface area contributed by atoms with Crippen molar-refractivity contribution in [2.45, 2.75) is 6.54 Å². The van der Waals surface area contributed by atoms with E-state index in [4.69, 9.17) is 11.6 Å². The molecule has 0 saturated carbocycles. The van der Waals surface area contributed by atoms with E-state index in [2.05, 4.69) is 26.6 Å². The molecule has 0 aliphatic carbocycles. The summed E-state index contributed by atoms with van der Waals surface area (Å²) >= 11 is 9.31. The highest BCUT2D eigenvalue weighted by atomic mass is 79.9.